The summed E-state index contributed by atoms with van der Waals surface area (Å²) in [7, 11) is 3.09. The Morgan fingerprint density at radius 1 is 1.24 bits per heavy atom. The molecule has 0 bridgehead atoms. The number of rotatable bonds is 8. The van der Waals surface area contributed by atoms with E-state index in [0.717, 1.165) is 5.56 Å². The number of benzene rings is 2. The van der Waals surface area contributed by atoms with E-state index in [1.54, 1.807) is 44.4 Å². The molecule has 0 aliphatic rings. The summed E-state index contributed by atoms with van der Waals surface area (Å²) < 4.78 is 16.4. The van der Waals surface area contributed by atoms with Gasteiger partial charge in [0.05, 0.1) is 24.4 Å². The minimum absolute atomic E-state index is 0.0270. The zero-order chi connectivity index (χ0) is 21.4. The third kappa shape index (κ3) is 5.77. The van der Waals surface area contributed by atoms with Gasteiger partial charge in [0.1, 0.15) is 23.1 Å². The molecule has 8 heteroatoms. The maximum atomic E-state index is 12.5. The largest absolute Gasteiger partial charge is 0.504 e. The highest BCUT2D eigenvalue weighted by Crippen LogP contribution is 2.33. The summed E-state index contributed by atoms with van der Waals surface area (Å²) in [6, 6.07) is 10.4. The Labute approximate surface area is 183 Å². The molecule has 0 aromatic heterocycles. The van der Waals surface area contributed by atoms with Crippen molar-refractivity contribution >= 4 is 34.6 Å². The van der Waals surface area contributed by atoms with Gasteiger partial charge < -0.3 is 24.6 Å². The van der Waals surface area contributed by atoms with E-state index < -0.39 is 5.91 Å². The van der Waals surface area contributed by atoms with Crippen LogP contribution in [0.2, 0.25) is 0 Å². The number of hydrogen-bond donors (Lipinski definition) is 2. The average molecular weight is 508 g/mol. The molecule has 2 rings (SSSR count). The molecule has 1 amide bonds. The topological polar surface area (TPSA) is 101 Å². The normalized spacial score (nSPS) is 10.8. The van der Waals surface area contributed by atoms with Crippen molar-refractivity contribution < 1.29 is 24.1 Å². The van der Waals surface area contributed by atoms with Crippen LogP contribution in [0.15, 0.2) is 35.9 Å². The number of nitrogens with one attached hydrogen (secondary N) is 1. The van der Waals surface area contributed by atoms with Gasteiger partial charge in [0.25, 0.3) is 5.91 Å². The molecule has 0 spiro atoms. The molecule has 0 unspecified atom stereocenters. The van der Waals surface area contributed by atoms with Crippen LogP contribution in [0.25, 0.3) is 6.08 Å². The number of hydrogen-bond acceptors (Lipinski definition) is 6. The number of halogens is 1. The van der Waals surface area contributed by atoms with Crippen molar-refractivity contribution in [3.8, 4) is 29.1 Å². The fourth-order valence-corrected chi connectivity index (χ4v) is 3.15. The standard InChI is InChI=1S/C21H21IN2O5/c1-4-29-19-9-13(8-17(22)20(19)25)7-15(11-23)21(26)24-12-14-5-6-16(27-2)10-18(14)28-3/h5-10,25H,4,12H2,1-3H3,(H,24,26)/b15-7+. The van der Waals surface area contributed by atoms with Gasteiger partial charge in [0, 0.05) is 18.2 Å². The van der Waals surface area contributed by atoms with Gasteiger partial charge in [0.2, 0.25) is 0 Å². The van der Waals surface area contributed by atoms with Crippen molar-refractivity contribution in [2.24, 2.45) is 0 Å². The number of methoxy groups -OCH3 is 2. The lowest BCUT2D eigenvalue weighted by Crippen LogP contribution is -2.24. The van der Waals surface area contributed by atoms with Crippen molar-refractivity contribution in [1.82, 2.24) is 5.32 Å². The summed E-state index contributed by atoms with van der Waals surface area (Å²) in [6.07, 6.45) is 1.45. The van der Waals surface area contributed by atoms with Gasteiger partial charge >= 0.3 is 0 Å². The molecule has 152 valence electrons. The lowest BCUT2D eigenvalue weighted by molar-refractivity contribution is -0.117. The van der Waals surface area contributed by atoms with Gasteiger partial charge in [-0.25, -0.2) is 0 Å². The predicted molar refractivity (Wildman–Crippen MR) is 117 cm³/mol. The van der Waals surface area contributed by atoms with E-state index in [1.165, 1.54) is 13.2 Å². The quantitative estimate of drug-likeness (QED) is 0.321. The van der Waals surface area contributed by atoms with E-state index >= 15 is 0 Å². The van der Waals surface area contributed by atoms with Crippen LogP contribution in [0, 0.1) is 14.9 Å². The minimum atomic E-state index is -0.522. The summed E-state index contributed by atoms with van der Waals surface area (Å²) >= 11 is 1.96. The van der Waals surface area contributed by atoms with Crippen molar-refractivity contribution in [3.63, 3.8) is 0 Å². The van der Waals surface area contributed by atoms with Crippen LogP contribution in [0.3, 0.4) is 0 Å². The van der Waals surface area contributed by atoms with E-state index in [4.69, 9.17) is 14.2 Å². The Bertz CT molecular complexity index is 966. The van der Waals surface area contributed by atoms with Crippen molar-refractivity contribution in [2.75, 3.05) is 20.8 Å². The van der Waals surface area contributed by atoms with Crippen LogP contribution < -0.4 is 19.5 Å². The molecule has 0 saturated heterocycles. The highest BCUT2D eigenvalue weighted by molar-refractivity contribution is 14.1. The van der Waals surface area contributed by atoms with Crippen molar-refractivity contribution in [2.45, 2.75) is 13.5 Å². The number of carbonyl (C=O) groups is 1. The molecule has 0 aliphatic heterocycles. The highest BCUT2D eigenvalue weighted by Gasteiger charge is 2.13. The molecule has 2 N–H and O–H groups in total. The van der Waals surface area contributed by atoms with Crippen molar-refractivity contribution in [1.29, 1.82) is 5.26 Å². The second kappa shape index (κ2) is 10.6. The molecule has 0 saturated carbocycles. The molecule has 0 radical (unpaired) electrons. The molecule has 0 heterocycles. The number of aromatic hydroxyl groups is 1. The fourth-order valence-electron chi connectivity index (χ4n) is 2.53. The van der Waals surface area contributed by atoms with Crippen LogP contribution in [-0.2, 0) is 11.3 Å². The van der Waals surface area contributed by atoms with E-state index in [0.29, 0.717) is 33.0 Å². The number of nitrogens with zero attached hydrogens (tertiary/aromatic N) is 1. The first-order chi connectivity index (χ1) is 13.9. The van der Waals surface area contributed by atoms with E-state index in [-0.39, 0.29) is 17.9 Å². The third-order valence-electron chi connectivity index (χ3n) is 3.96. The number of phenolic OH excluding ortho intramolecular Hbond substituents is 1. The molecule has 29 heavy (non-hydrogen) atoms. The second-order valence-electron chi connectivity index (χ2n) is 5.81. The maximum absolute atomic E-state index is 12.5. The second-order valence-corrected chi connectivity index (χ2v) is 6.97. The Kier molecular flexibility index (Phi) is 8.15. The zero-order valence-corrected chi connectivity index (χ0v) is 18.4. The van der Waals surface area contributed by atoms with Crippen LogP contribution in [0.4, 0.5) is 0 Å². The van der Waals surface area contributed by atoms with Gasteiger partial charge in [-0.1, -0.05) is 0 Å². The van der Waals surface area contributed by atoms with Gasteiger partial charge in [0.15, 0.2) is 11.5 Å². The van der Waals surface area contributed by atoms with E-state index in [9.17, 15) is 15.2 Å². The molecule has 0 fully saturated rings. The highest BCUT2D eigenvalue weighted by atomic mass is 127. The smallest absolute Gasteiger partial charge is 0.262 e. The molecule has 0 aliphatic carbocycles. The average Bonchev–Trinajstić information content (AvgIpc) is 2.73. The Balaban J connectivity index is 2.20. The van der Waals surface area contributed by atoms with Crippen LogP contribution in [0.1, 0.15) is 18.1 Å². The van der Waals surface area contributed by atoms with Gasteiger partial charge in [-0.15, -0.1) is 0 Å². The monoisotopic (exact) mass is 508 g/mol. The molecule has 2 aromatic rings. The van der Waals surface area contributed by atoms with Crippen LogP contribution >= 0.6 is 22.6 Å². The molecule has 7 nitrogen and oxygen atoms in total. The lowest BCUT2D eigenvalue weighted by atomic mass is 10.1. The molecular formula is C21H21IN2O5. The Morgan fingerprint density at radius 2 is 2.00 bits per heavy atom. The Hall–Kier alpha value is -2.93. The van der Waals surface area contributed by atoms with Gasteiger partial charge in [-0.05, 0) is 65.4 Å². The number of amides is 1. The SMILES string of the molecule is CCOc1cc(/C=C(\C#N)C(=O)NCc2ccc(OC)cc2OC)cc(I)c1O. The zero-order valence-electron chi connectivity index (χ0n) is 16.3. The van der Waals surface area contributed by atoms with E-state index in [2.05, 4.69) is 5.32 Å². The van der Waals surface area contributed by atoms with Gasteiger partial charge in [-0.2, -0.15) is 5.26 Å². The fraction of sp³-hybridized carbons (Fsp3) is 0.238. The molecule has 2 aromatic carbocycles. The number of carbonyl (C=O) groups excluding carboxylic acids is 1. The summed E-state index contributed by atoms with van der Waals surface area (Å²) in [4.78, 5) is 12.5. The number of phenols is 1. The number of nitriles is 1. The third-order valence-corrected chi connectivity index (χ3v) is 4.78. The summed E-state index contributed by atoms with van der Waals surface area (Å²) in [5.74, 6) is 1.01. The summed E-state index contributed by atoms with van der Waals surface area (Å²) in [5, 5.41) is 22.2. The lowest BCUT2D eigenvalue weighted by Gasteiger charge is -2.11. The summed E-state index contributed by atoms with van der Waals surface area (Å²) in [6.45, 7) is 2.37. The van der Waals surface area contributed by atoms with Gasteiger partial charge in [-0.3, -0.25) is 4.79 Å². The van der Waals surface area contributed by atoms with Crippen LogP contribution in [-0.4, -0.2) is 31.8 Å². The predicted octanol–water partition coefficient (Wildman–Crippen LogP) is 3.64. The summed E-state index contributed by atoms with van der Waals surface area (Å²) in [5.41, 5.74) is 1.25. The first-order valence-corrected chi connectivity index (χ1v) is 9.77. The number of ether oxygens (including phenoxy) is 3. The maximum Gasteiger partial charge on any atom is 0.262 e. The molecule has 0 atom stereocenters. The van der Waals surface area contributed by atoms with Crippen molar-refractivity contribution in [3.05, 3.63) is 50.6 Å². The van der Waals surface area contributed by atoms with E-state index in [1.807, 2.05) is 28.7 Å². The first-order valence-electron chi connectivity index (χ1n) is 8.69. The Morgan fingerprint density at radius 3 is 2.62 bits per heavy atom. The molecular weight excluding hydrogens is 487 g/mol. The first kappa shape index (κ1) is 22.4. The van der Waals surface area contributed by atoms with Crippen LogP contribution in [0.5, 0.6) is 23.0 Å². The minimum Gasteiger partial charge on any atom is -0.504 e.